The van der Waals surface area contributed by atoms with Gasteiger partial charge in [0.05, 0.1) is 16.5 Å². The van der Waals surface area contributed by atoms with E-state index >= 15 is 0 Å². The molecule has 1 N–H and O–H groups in total. The van der Waals surface area contributed by atoms with E-state index in [2.05, 4.69) is 9.97 Å². The molecule has 0 radical (unpaired) electrons. The molecule has 0 aliphatic heterocycles. The molecule has 140 valence electrons. The number of halogens is 3. The largest absolute Gasteiger partial charge is 0.454 e. The molecule has 0 amide bonds. The van der Waals surface area contributed by atoms with Gasteiger partial charge in [-0.2, -0.15) is 13.2 Å². The zero-order valence-corrected chi connectivity index (χ0v) is 14.7. The predicted molar refractivity (Wildman–Crippen MR) is 92.8 cm³/mol. The Bertz CT molecular complexity index is 1100. The number of nitrogens with zero attached hydrogens (tertiary/aromatic N) is 1. The van der Waals surface area contributed by atoms with Crippen molar-refractivity contribution in [1.29, 1.82) is 0 Å². The Morgan fingerprint density at radius 3 is 2.81 bits per heavy atom. The van der Waals surface area contributed by atoms with Gasteiger partial charge in [0, 0.05) is 4.88 Å². The first-order valence-electron chi connectivity index (χ1n) is 8.21. The molecule has 1 aliphatic rings. The molecule has 27 heavy (non-hydrogen) atoms. The number of nitrogens with one attached hydrogen (secondary N) is 1. The normalized spacial score (nSPS) is 13.7. The van der Waals surface area contributed by atoms with Gasteiger partial charge in [-0.3, -0.25) is 4.79 Å². The SMILES string of the molecule is O=C(OCc1nc2sc3c(c2c(=O)[nH]1)CCC3)c1ccccc1C(F)(F)F. The molecule has 2 aromatic heterocycles. The molecule has 3 aromatic rings. The second-order valence-electron chi connectivity index (χ2n) is 6.17. The second-order valence-corrected chi connectivity index (χ2v) is 7.25. The van der Waals surface area contributed by atoms with E-state index in [0.717, 1.165) is 41.8 Å². The van der Waals surface area contributed by atoms with Crippen molar-refractivity contribution in [1.82, 2.24) is 9.97 Å². The predicted octanol–water partition coefficient (Wildman–Crippen LogP) is 3.85. The quantitative estimate of drug-likeness (QED) is 0.685. The van der Waals surface area contributed by atoms with Crippen LogP contribution in [0.25, 0.3) is 10.2 Å². The number of alkyl halides is 3. The summed E-state index contributed by atoms with van der Waals surface area (Å²) in [7, 11) is 0. The van der Waals surface area contributed by atoms with E-state index in [9.17, 15) is 22.8 Å². The van der Waals surface area contributed by atoms with Gasteiger partial charge in [0.1, 0.15) is 17.3 Å². The van der Waals surface area contributed by atoms with Crippen LogP contribution in [0.4, 0.5) is 13.2 Å². The van der Waals surface area contributed by atoms with Crippen LogP contribution in [0, 0.1) is 0 Å². The summed E-state index contributed by atoms with van der Waals surface area (Å²) in [6, 6.07) is 4.39. The van der Waals surface area contributed by atoms with Gasteiger partial charge in [-0.15, -0.1) is 11.3 Å². The van der Waals surface area contributed by atoms with Gasteiger partial charge in [0.25, 0.3) is 5.56 Å². The summed E-state index contributed by atoms with van der Waals surface area (Å²) in [5, 5.41) is 0.560. The molecule has 2 heterocycles. The minimum Gasteiger partial charge on any atom is -0.454 e. The molecule has 0 bridgehead atoms. The highest BCUT2D eigenvalue weighted by atomic mass is 32.1. The Labute approximate surface area is 154 Å². The summed E-state index contributed by atoms with van der Waals surface area (Å²) >= 11 is 1.43. The van der Waals surface area contributed by atoms with E-state index < -0.39 is 29.9 Å². The monoisotopic (exact) mass is 394 g/mol. The number of aromatic amines is 1. The van der Waals surface area contributed by atoms with Crippen molar-refractivity contribution in [3.63, 3.8) is 0 Å². The maximum atomic E-state index is 13.0. The number of aryl methyl sites for hydroxylation is 2. The molecular weight excluding hydrogens is 381 g/mol. The van der Waals surface area contributed by atoms with Crippen LogP contribution in [-0.4, -0.2) is 15.9 Å². The second kappa shape index (κ2) is 6.49. The Hall–Kier alpha value is -2.68. The summed E-state index contributed by atoms with van der Waals surface area (Å²) in [6.07, 6.45) is -1.91. The highest BCUT2D eigenvalue weighted by Crippen LogP contribution is 2.35. The molecule has 0 saturated carbocycles. The number of hydrogen-bond donors (Lipinski definition) is 1. The molecule has 4 rings (SSSR count). The standard InChI is InChI=1S/C18H13F3N2O3S/c19-18(20,21)11-6-2-1-4-9(11)17(25)26-8-13-22-15(24)14-10-5-3-7-12(10)27-16(14)23-13/h1-2,4,6H,3,5,7-8H2,(H,22,23,24). The van der Waals surface area contributed by atoms with Crippen LogP contribution in [0.1, 0.15) is 38.6 Å². The Morgan fingerprint density at radius 1 is 1.26 bits per heavy atom. The number of hydrogen-bond acceptors (Lipinski definition) is 5. The number of esters is 1. The van der Waals surface area contributed by atoms with E-state index in [4.69, 9.17) is 4.74 Å². The number of fused-ring (bicyclic) bond motifs is 3. The van der Waals surface area contributed by atoms with Gasteiger partial charge in [0.15, 0.2) is 0 Å². The zero-order chi connectivity index (χ0) is 19.2. The third-order valence-corrected chi connectivity index (χ3v) is 5.60. The van der Waals surface area contributed by atoms with Crippen molar-refractivity contribution in [3.05, 3.63) is 62.0 Å². The van der Waals surface area contributed by atoms with Crippen LogP contribution in [0.15, 0.2) is 29.1 Å². The van der Waals surface area contributed by atoms with Crippen LogP contribution in [0.2, 0.25) is 0 Å². The van der Waals surface area contributed by atoms with Gasteiger partial charge in [-0.25, -0.2) is 9.78 Å². The molecule has 0 unspecified atom stereocenters. The molecule has 9 heteroatoms. The lowest BCUT2D eigenvalue weighted by Crippen LogP contribution is -2.17. The number of carbonyl (C=O) groups is 1. The van der Waals surface area contributed by atoms with Gasteiger partial charge in [-0.05, 0) is 37.0 Å². The Morgan fingerprint density at radius 2 is 2.04 bits per heavy atom. The van der Waals surface area contributed by atoms with Crippen molar-refractivity contribution in [2.75, 3.05) is 0 Å². The van der Waals surface area contributed by atoms with Crippen LogP contribution in [0.5, 0.6) is 0 Å². The highest BCUT2D eigenvalue weighted by Gasteiger charge is 2.35. The lowest BCUT2D eigenvalue weighted by Gasteiger charge is -2.11. The maximum absolute atomic E-state index is 13.0. The highest BCUT2D eigenvalue weighted by molar-refractivity contribution is 7.18. The van der Waals surface area contributed by atoms with Crippen LogP contribution in [0.3, 0.4) is 0 Å². The third-order valence-electron chi connectivity index (χ3n) is 4.42. The molecule has 5 nitrogen and oxygen atoms in total. The summed E-state index contributed by atoms with van der Waals surface area (Å²) in [5.41, 5.74) is -0.947. The van der Waals surface area contributed by atoms with Crippen molar-refractivity contribution in [3.8, 4) is 0 Å². The van der Waals surface area contributed by atoms with Gasteiger partial charge < -0.3 is 9.72 Å². The fourth-order valence-electron chi connectivity index (χ4n) is 3.24. The van der Waals surface area contributed by atoms with Crippen LogP contribution < -0.4 is 5.56 Å². The minimum absolute atomic E-state index is 0.102. The minimum atomic E-state index is -4.67. The molecule has 1 aromatic carbocycles. The first kappa shape index (κ1) is 17.7. The Balaban J connectivity index is 1.58. The summed E-state index contributed by atoms with van der Waals surface area (Å²) in [6.45, 7) is -0.418. The van der Waals surface area contributed by atoms with Gasteiger partial charge >= 0.3 is 12.1 Å². The number of thiophene rings is 1. The molecule has 0 spiro atoms. The fraction of sp³-hybridized carbons (Fsp3) is 0.278. The number of benzene rings is 1. The van der Waals surface area contributed by atoms with Crippen LogP contribution in [-0.2, 0) is 30.4 Å². The third kappa shape index (κ3) is 3.23. The summed E-state index contributed by atoms with van der Waals surface area (Å²) in [4.78, 5) is 33.0. The Kier molecular flexibility index (Phi) is 4.26. The number of rotatable bonds is 3. The molecule has 0 saturated heterocycles. The maximum Gasteiger partial charge on any atom is 0.417 e. The van der Waals surface area contributed by atoms with E-state index in [1.807, 2.05) is 0 Å². The average molecular weight is 394 g/mol. The van der Waals surface area contributed by atoms with Gasteiger partial charge in [0.2, 0.25) is 0 Å². The fourth-order valence-corrected chi connectivity index (χ4v) is 4.52. The van der Waals surface area contributed by atoms with Crippen molar-refractivity contribution < 1.29 is 22.7 Å². The lowest BCUT2D eigenvalue weighted by atomic mass is 10.1. The van der Waals surface area contributed by atoms with Crippen LogP contribution >= 0.6 is 11.3 Å². The van der Waals surface area contributed by atoms with Crippen molar-refractivity contribution >= 4 is 27.5 Å². The van der Waals surface area contributed by atoms with Gasteiger partial charge in [-0.1, -0.05) is 12.1 Å². The number of H-pyrrole nitrogens is 1. The number of ether oxygens (including phenoxy) is 1. The molecule has 0 atom stereocenters. The molecule has 1 aliphatic carbocycles. The van der Waals surface area contributed by atoms with E-state index in [1.165, 1.54) is 23.5 Å². The average Bonchev–Trinajstić information content (AvgIpc) is 3.19. The summed E-state index contributed by atoms with van der Waals surface area (Å²) < 4.78 is 44.0. The smallest absolute Gasteiger partial charge is 0.417 e. The van der Waals surface area contributed by atoms with E-state index in [-0.39, 0.29) is 11.4 Å². The topological polar surface area (TPSA) is 72.0 Å². The first-order chi connectivity index (χ1) is 12.8. The van der Waals surface area contributed by atoms with Crippen molar-refractivity contribution in [2.24, 2.45) is 0 Å². The molecular formula is C18H13F3N2O3S. The van der Waals surface area contributed by atoms with Crippen molar-refractivity contribution in [2.45, 2.75) is 32.0 Å². The lowest BCUT2D eigenvalue weighted by molar-refractivity contribution is -0.138. The first-order valence-corrected chi connectivity index (χ1v) is 9.03. The van der Waals surface area contributed by atoms with E-state index in [0.29, 0.717) is 10.2 Å². The zero-order valence-electron chi connectivity index (χ0n) is 13.9. The number of aromatic nitrogens is 2. The van der Waals surface area contributed by atoms with E-state index in [1.54, 1.807) is 0 Å². The molecule has 0 fully saturated rings. The number of carbonyl (C=O) groups excluding carboxylic acids is 1. The summed E-state index contributed by atoms with van der Waals surface area (Å²) in [5.74, 6) is -1.02.